The van der Waals surface area contributed by atoms with Crippen molar-refractivity contribution in [2.75, 3.05) is 6.61 Å². The zero-order chi connectivity index (χ0) is 11.5. The fraction of sp³-hybridized carbons (Fsp3) is 0.333. The van der Waals surface area contributed by atoms with Gasteiger partial charge in [0.2, 0.25) is 11.9 Å². The number of Topliss-reactive ketones (excluding diaryl/α,β-unsaturated/α-hetero) is 1. The summed E-state index contributed by atoms with van der Waals surface area (Å²) in [6.07, 6.45) is -1.10. The van der Waals surface area contributed by atoms with Crippen LogP contribution in [0.15, 0.2) is 24.3 Å². The molecule has 2 rings (SSSR count). The summed E-state index contributed by atoms with van der Waals surface area (Å²) in [6, 6.07) is 7.12. The van der Waals surface area contributed by atoms with Crippen LogP contribution in [-0.4, -0.2) is 24.5 Å². The van der Waals surface area contributed by atoms with Crippen molar-refractivity contribution in [1.82, 2.24) is 0 Å². The molecule has 0 saturated heterocycles. The van der Waals surface area contributed by atoms with Gasteiger partial charge >= 0.3 is 5.97 Å². The summed E-state index contributed by atoms with van der Waals surface area (Å²) in [6.45, 7) is 2.21. The Balaban J connectivity index is 2.24. The van der Waals surface area contributed by atoms with Crippen LogP contribution in [0.3, 0.4) is 0 Å². The minimum absolute atomic E-state index is 0.244. The number of benzene rings is 1. The minimum atomic E-state index is -1.10. The molecule has 1 aromatic rings. The molecule has 1 atom stereocenters. The number of ketones is 1. The van der Waals surface area contributed by atoms with Gasteiger partial charge in [0, 0.05) is 5.56 Å². The summed E-state index contributed by atoms with van der Waals surface area (Å²) in [5, 5.41) is 0. The van der Waals surface area contributed by atoms with Gasteiger partial charge in [-0.3, -0.25) is 4.79 Å². The van der Waals surface area contributed by atoms with Gasteiger partial charge in [0.25, 0.3) is 0 Å². The SMILES string of the molecule is CCOC(=O)C1OCc2ccccc2C1=O. The molecule has 1 aromatic carbocycles. The number of fused-ring (bicyclic) bond motifs is 1. The van der Waals surface area contributed by atoms with Crippen LogP contribution in [0.2, 0.25) is 0 Å². The van der Waals surface area contributed by atoms with Crippen molar-refractivity contribution in [3.63, 3.8) is 0 Å². The summed E-state index contributed by atoms with van der Waals surface area (Å²) >= 11 is 0. The molecule has 16 heavy (non-hydrogen) atoms. The van der Waals surface area contributed by atoms with Crippen LogP contribution in [-0.2, 0) is 20.9 Å². The van der Waals surface area contributed by atoms with Gasteiger partial charge in [-0.15, -0.1) is 0 Å². The lowest BCUT2D eigenvalue weighted by atomic mass is 9.98. The molecule has 0 aromatic heterocycles. The first kappa shape index (κ1) is 10.8. The number of ether oxygens (including phenoxy) is 2. The first-order valence-corrected chi connectivity index (χ1v) is 5.14. The molecule has 84 valence electrons. The molecule has 0 aliphatic carbocycles. The van der Waals surface area contributed by atoms with Crippen LogP contribution in [0.4, 0.5) is 0 Å². The zero-order valence-corrected chi connectivity index (χ0v) is 8.93. The Morgan fingerprint density at radius 3 is 3.00 bits per heavy atom. The van der Waals surface area contributed by atoms with Gasteiger partial charge in [0.05, 0.1) is 13.2 Å². The van der Waals surface area contributed by atoms with Gasteiger partial charge in [0.15, 0.2) is 0 Å². The fourth-order valence-electron chi connectivity index (χ4n) is 1.67. The van der Waals surface area contributed by atoms with E-state index in [1.54, 1.807) is 19.1 Å². The van der Waals surface area contributed by atoms with E-state index in [4.69, 9.17) is 9.47 Å². The molecule has 0 bridgehead atoms. The second-order valence-corrected chi connectivity index (χ2v) is 3.46. The standard InChI is InChI=1S/C12H12O4/c1-2-15-12(14)11-10(13)9-6-4-3-5-8(9)7-16-11/h3-6,11H,2,7H2,1H3. The van der Waals surface area contributed by atoms with Crippen molar-refractivity contribution in [1.29, 1.82) is 0 Å². The zero-order valence-electron chi connectivity index (χ0n) is 8.93. The Morgan fingerprint density at radius 1 is 1.50 bits per heavy atom. The smallest absolute Gasteiger partial charge is 0.343 e. The second kappa shape index (κ2) is 4.45. The third kappa shape index (κ3) is 1.84. The van der Waals surface area contributed by atoms with E-state index < -0.39 is 12.1 Å². The number of hydrogen-bond acceptors (Lipinski definition) is 4. The quantitative estimate of drug-likeness (QED) is 0.557. The van der Waals surface area contributed by atoms with Gasteiger partial charge in [-0.2, -0.15) is 0 Å². The van der Waals surface area contributed by atoms with E-state index in [1.807, 2.05) is 12.1 Å². The Morgan fingerprint density at radius 2 is 2.25 bits per heavy atom. The van der Waals surface area contributed by atoms with Gasteiger partial charge in [0.1, 0.15) is 0 Å². The Kier molecular flexibility index (Phi) is 3.01. The van der Waals surface area contributed by atoms with E-state index in [0.29, 0.717) is 5.56 Å². The average molecular weight is 220 g/mol. The van der Waals surface area contributed by atoms with E-state index in [0.717, 1.165) is 5.56 Å². The normalized spacial score (nSPS) is 19.1. The van der Waals surface area contributed by atoms with Crippen molar-refractivity contribution < 1.29 is 19.1 Å². The van der Waals surface area contributed by atoms with Gasteiger partial charge in [-0.25, -0.2) is 4.79 Å². The van der Waals surface area contributed by atoms with Crippen molar-refractivity contribution in [3.05, 3.63) is 35.4 Å². The predicted molar refractivity (Wildman–Crippen MR) is 56.0 cm³/mol. The third-order valence-electron chi connectivity index (χ3n) is 2.43. The maximum atomic E-state index is 11.9. The number of carbonyl (C=O) groups excluding carboxylic acids is 2. The Bertz CT molecular complexity index is 425. The summed E-state index contributed by atoms with van der Waals surface area (Å²) in [7, 11) is 0. The topological polar surface area (TPSA) is 52.6 Å². The summed E-state index contributed by atoms with van der Waals surface area (Å²) < 4.78 is 9.99. The monoisotopic (exact) mass is 220 g/mol. The molecular weight excluding hydrogens is 208 g/mol. The molecule has 0 saturated carbocycles. The van der Waals surface area contributed by atoms with E-state index >= 15 is 0 Å². The molecule has 1 aliphatic rings. The molecule has 4 nitrogen and oxygen atoms in total. The molecule has 0 radical (unpaired) electrons. The lowest BCUT2D eigenvalue weighted by Gasteiger charge is -2.22. The van der Waals surface area contributed by atoms with Crippen LogP contribution in [0.5, 0.6) is 0 Å². The van der Waals surface area contributed by atoms with E-state index in [-0.39, 0.29) is 19.0 Å². The van der Waals surface area contributed by atoms with E-state index in [1.165, 1.54) is 0 Å². The number of carbonyl (C=O) groups is 2. The maximum Gasteiger partial charge on any atom is 0.343 e. The van der Waals surface area contributed by atoms with Crippen molar-refractivity contribution in [2.45, 2.75) is 19.6 Å². The van der Waals surface area contributed by atoms with Gasteiger partial charge in [-0.05, 0) is 12.5 Å². The van der Waals surface area contributed by atoms with E-state index in [2.05, 4.69) is 0 Å². The maximum absolute atomic E-state index is 11.9. The molecule has 4 heteroatoms. The van der Waals surface area contributed by atoms with Crippen molar-refractivity contribution in [2.24, 2.45) is 0 Å². The molecule has 0 spiro atoms. The van der Waals surface area contributed by atoms with Crippen LogP contribution in [0.1, 0.15) is 22.8 Å². The number of hydrogen-bond donors (Lipinski definition) is 0. The van der Waals surface area contributed by atoms with Crippen LogP contribution in [0.25, 0.3) is 0 Å². The van der Waals surface area contributed by atoms with Crippen LogP contribution >= 0.6 is 0 Å². The molecule has 0 amide bonds. The van der Waals surface area contributed by atoms with E-state index in [9.17, 15) is 9.59 Å². The molecule has 0 N–H and O–H groups in total. The van der Waals surface area contributed by atoms with Crippen molar-refractivity contribution in [3.8, 4) is 0 Å². The second-order valence-electron chi connectivity index (χ2n) is 3.46. The van der Waals surface area contributed by atoms with Crippen molar-refractivity contribution >= 4 is 11.8 Å². The van der Waals surface area contributed by atoms with Crippen LogP contribution < -0.4 is 0 Å². The van der Waals surface area contributed by atoms with Gasteiger partial charge in [-0.1, -0.05) is 24.3 Å². The highest BCUT2D eigenvalue weighted by Gasteiger charge is 2.34. The Labute approximate surface area is 93.2 Å². The summed E-state index contributed by atoms with van der Waals surface area (Å²) in [5.74, 6) is -0.928. The predicted octanol–water partition coefficient (Wildman–Crippen LogP) is 1.33. The third-order valence-corrected chi connectivity index (χ3v) is 2.43. The Hall–Kier alpha value is -1.68. The highest BCUT2D eigenvalue weighted by atomic mass is 16.6. The average Bonchev–Trinajstić information content (AvgIpc) is 2.30. The largest absolute Gasteiger partial charge is 0.464 e. The molecular formula is C12H12O4. The van der Waals surface area contributed by atoms with Crippen LogP contribution in [0, 0.1) is 0 Å². The number of esters is 1. The molecule has 1 heterocycles. The molecule has 1 aliphatic heterocycles. The number of rotatable bonds is 2. The lowest BCUT2D eigenvalue weighted by Crippen LogP contribution is -2.38. The summed E-state index contributed by atoms with van der Waals surface area (Å²) in [4.78, 5) is 23.4. The summed E-state index contributed by atoms with van der Waals surface area (Å²) in [5.41, 5.74) is 1.36. The highest BCUT2D eigenvalue weighted by Crippen LogP contribution is 2.20. The lowest BCUT2D eigenvalue weighted by molar-refractivity contribution is -0.154. The highest BCUT2D eigenvalue weighted by molar-refractivity contribution is 6.12. The fourth-order valence-corrected chi connectivity index (χ4v) is 1.67. The first-order valence-electron chi connectivity index (χ1n) is 5.14. The van der Waals surface area contributed by atoms with Gasteiger partial charge < -0.3 is 9.47 Å². The molecule has 0 fully saturated rings. The molecule has 1 unspecified atom stereocenters. The first-order chi connectivity index (χ1) is 7.74. The minimum Gasteiger partial charge on any atom is -0.464 e.